The number of aromatic nitrogens is 2. The molecule has 0 atom stereocenters. The van der Waals surface area contributed by atoms with Crippen molar-refractivity contribution >= 4 is 27.9 Å². The molecule has 0 saturated carbocycles. The van der Waals surface area contributed by atoms with Gasteiger partial charge in [-0.3, -0.25) is 9.20 Å². The Morgan fingerprint density at radius 1 is 1.26 bits per heavy atom. The second-order valence-corrected chi connectivity index (χ2v) is 7.32. The first-order chi connectivity index (χ1) is 10.9. The predicted molar refractivity (Wildman–Crippen MR) is 94.9 cm³/mol. The lowest BCUT2D eigenvalue weighted by Gasteiger charge is -2.20. The Kier molecular flexibility index (Phi) is 4.19. The van der Waals surface area contributed by atoms with Crippen LogP contribution in [0.3, 0.4) is 0 Å². The van der Waals surface area contributed by atoms with E-state index in [9.17, 15) is 4.79 Å². The lowest BCUT2D eigenvalue weighted by atomic mass is 10.1. The van der Waals surface area contributed by atoms with Crippen molar-refractivity contribution in [2.75, 3.05) is 11.9 Å². The molecule has 1 aromatic carbocycles. The summed E-state index contributed by atoms with van der Waals surface area (Å²) >= 11 is 1.61. The van der Waals surface area contributed by atoms with Crippen molar-refractivity contribution in [3.8, 4) is 11.3 Å². The van der Waals surface area contributed by atoms with Crippen LogP contribution in [-0.2, 0) is 4.79 Å². The standard InChI is InChI=1S/C17H20N4OS/c1-17(2,3)18-10-15(22)19-13-6-4-12(5-7-13)14-11-21-8-9-23-16(21)20-14/h4-9,11,18H,10H2,1-3H3,(H,19,22). The fourth-order valence-corrected chi connectivity index (χ4v) is 2.84. The molecule has 0 aliphatic heterocycles. The van der Waals surface area contributed by atoms with Gasteiger partial charge in [-0.1, -0.05) is 12.1 Å². The number of hydrogen-bond acceptors (Lipinski definition) is 4. The number of rotatable bonds is 4. The molecule has 3 aromatic rings. The topological polar surface area (TPSA) is 58.4 Å². The van der Waals surface area contributed by atoms with Crippen LogP contribution in [0.5, 0.6) is 0 Å². The van der Waals surface area contributed by atoms with E-state index in [-0.39, 0.29) is 11.4 Å². The molecule has 0 fully saturated rings. The Bertz CT molecular complexity index is 783. The predicted octanol–water partition coefficient (Wildman–Crippen LogP) is 3.39. The second-order valence-electron chi connectivity index (χ2n) is 6.45. The van der Waals surface area contributed by atoms with E-state index in [0.717, 1.165) is 21.9 Å². The van der Waals surface area contributed by atoms with E-state index >= 15 is 0 Å². The molecule has 0 unspecified atom stereocenters. The van der Waals surface area contributed by atoms with Crippen molar-refractivity contribution in [1.29, 1.82) is 0 Å². The van der Waals surface area contributed by atoms with Crippen LogP contribution >= 0.6 is 11.3 Å². The van der Waals surface area contributed by atoms with Crippen LogP contribution in [0.15, 0.2) is 42.0 Å². The first-order valence-corrected chi connectivity index (χ1v) is 8.36. The van der Waals surface area contributed by atoms with Gasteiger partial charge in [-0.05, 0) is 32.9 Å². The molecule has 0 aliphatic carbocycles. The van der Waals surface area contributed by atoms with Crippen molar-refractivity contribution in [3.63, 3.8) is 0 Å². The summed E-state index contributed by atoms with van der Waals surface area (Å²) in [4.78, 5) is 17.5. The number of nitrogens with one attached hydrogen (secondary N) is 2. The molecule has 6 heteroatoms. The molecule has 23 heavy (non-hydrogen) atoms. The van der Waals surface area contributed by atoms with Gasteiger partial charge in [0.15, 0.2) is 4.96 Å². The van der Waals surface area contributed by atoms with Crippen LogP contribution in [0.25, 0.3) is 16.2 Å². The zero-order chi connectivity index (χ0) is 16.4. The van der Waals surface area contributed by atoms with Gasteiger partial charge in [-0.15, -0.1) is 11.3 Å². The van der Waals surface area contributed by atoms with Gasteiger partial charge in [0.2, 0.25) is 5.91 Å². The summed E-state index contributed by atoms with van der Waals surface area (Å²) in [5.74, 6) is -0.0461. The quantitative estimate of drug-likeness (QED) is 0.772. The van der Waals surface area contributed by atoms with E-state index in [2.05, 4.69) is 15.6 Å². The molecular formula is C17H20N4OS. The lowest BCUT2D eigenvalue weighted by molar-refractivity contribution is -0.115. The van der Waals surface area contributed by atoms with E-state index < -0.39 is 0 Å². The highest BCUT2D eigenvalue weighted by atomic mass is 32.1. The van der Waals surface area contributed by atoms with Gasteiger partial charge in [0.25, 0.3) is 0 Å². The number of benzene rings is 1. The Balaban J connectivity index is 1.65. The zero-order valence-electron chi connectivity index (χ0n) is 13.5. The van der Waals surface area contributed by atoms with Gasteiger partial charge in [-0.25, -0.2) is 4.98 Å². The maximum absolute atomic E-state index is 11.9. The minimum Gasteiger partial charge on any atom is -0.325 e. The van der Waals surface area contributed by atoms with Crippen LogP contribution in [0.2, 0.25) is 0 Å². The summed E-state index contributed by atoms with van der Waals surface area (Å²) in [6.07, 6.45) is 4.00. The average molecular weight is 328 g/mol. The fourth-order valence-electron chi connectivity index (χ4n) is 2.14. The highest BCUT2D eigenvalue weighted by molar-refractivity contribution is 7.15. The average Bonchev–Trinajstić information content (AvgIpc) is 3.06. The normalized spacial score (nSPS) is 11.8. The van der Waals surface area contributed by atoms with Crippen LogP contribution in [0.1, 0.15) is 20.8 Å². The second kappa shape index (κ2) is 6.14. The summed E-state index contributed by atoms with van der Waals surface area (Å²) in [7, 11) is 0. The summed E-state index contributed by atoms with van der Waals surface area (Å²) in [6, 6.07) is 7.74. The van der Waals surface area contributed by atoms with Crippen molar-refractivity contribution < 1.29 is 4.79 Å². The molecule has 2 N–H and O–H groups in total. The van der Waals surface area contributed by atoms with Crippen LogP contribution in [-0.4, -0.2) is 27.4 Å². The number of carbonyl (C=O) groups is 1. The largest absolute Gasteiger partial charge is 0.325 e. The third kappa shape index (κ3) is 3.97. The van der Waals surface area contributed by atoms with Crippen LogP contribution in [0.4, 0.5) is 5.69 Å². The number of anilines is 1. The molecule has 5 nitrogen and oxygen atoms in total. The fraction of sp³-hybridized carbons (Fsp3) is 0.294. The first-order valence-electron chi connectivity index (χ1n) is 7.48. The maximum Gasteiger partial charge on any atom is 0.238 e. The summed E-state index contributed by atoms with van der Waals surface area (Å²) in [6.45, 7) is 6.39. The van der Waals surface area contributed by atoms with E-state index in [4.69, 9.17) is 0 Å². The third-order valence-corrected chi connectivity index (χ3v) is 4.11. The molecule has 2 aromatic heterocycles. The Morgan fingerprint density at radius 2 is 2.00 bits per heavy atom. The maximum atomic E-state index is 11.9. The molecule has 1 amide bonds. The molecule has 0 spiro atoms. The summed E-state index contributed by atoms with van der Waals surface area (Å²) in [5.41, 5.74) is 2.68. The van der Waals surface area contributed by atoms with Crippen molar-refractivity contribution in [2.24, 2.45) is 0 Å². The van der Waals surface area contributed by atoms with Crippen molar-refractivity contribution in [2.45, 2.75) is 26.3 Å². The number of thiazole rings is 1. The Morgan fingerprint density at radius 3 is 2.65 bits per heavy atom. The van der Waals surface area contributed by atoms with E-state index in [0.29, 0.717) is 6.54 Å². The van der Waals surface area contributed by atoms with Crippen molar-refractivity contribution in [1.82, 2.24) is 14.7 Å². The first kappa shape index (κ1) is 15.7. The van der Waals surface area contributed by atoms with E-state index in [1.54, 1.807) is 11.3 Å². The number of nitrogens with zero attached hydrogens (tertiary/aromatic N) is 2. The van der Waals surface area contributed by atoms with Crippen molar-refractivity contribution in [3.05, 3.63) is 42.0 Å². The highest BCUT2D eigenvalue weighted by Crippen LogP contribution is 2.23. The van der Waals surface area contributed by atoms with Gasteiger partial charge >= 0.3 is 0 Å². The Labute approximate surface area is 139 Å². The SMILES string of the molecule is CC(C)(C)NCC(=O)Nc1ccc(-c2cn3ccsc3n2)cc1. The lowest BCUT2D eigenvalue weighted by Crippen LogP contribution is -2.41. The monoisotopic (exact) mass is 328 g/mol. The highest BCUT2D eigenvalue weighted by Gasteiger charge is 2.11. The van der Waals surface area contributed by atoms with E-state index in [1.807, 2.05) is 67.2 Å². The summed E-state index contributed by atoms with van der Waals surface area (Å²) < 4.78 is 2.01. The van der Waals surface area contributed by atoms with Gasteiger partial charge in [0, 0.05) is 34.6 Å². The number of carbonyl (C=O) groups excluding carboxylic acids is 1. The van der Waals surface area contributed by atoms with Crippen LogP contribution < -0.4 is 10.6 Å². The molecule has 2 heterocycles. The minimum atomic E-state index is -0.0742. The molecule has 3 rings (SSSR count). The molecule has 0 saturated heterocycles. The number of imidazole rings is 1. The van der Waals surface area contributed by atoms with Gasteiger partial charge < -0.3 is 10.6 Å². The smallest absolute Gasteiger partial charge is 0.238 e. The molecule has 0 radical (unpaired) electrons. The van der Waals surface area contributed by atoms with Crippen LogP contribution in [0, 0.1) is 0 Å². The number of hydrogen-bond donors (Lipinski definition) is 2. The van der Waals surface area contributed by atoms with Gasteiger partial charge in [-0.2, -0.15) is 0 Å². The number of fused-ring (bicyclic) bond motifs is 1. The number of amides is 1. The minimum absolute atomic E-state index is 0.0461. The van der Waals surface area contributed by atoms with Gasteiger partial charge in [0.05, 0.1) is 12.2 Å². The summed E-state index contributed by atoms with van der Waals surface area (Å²) in [5, 5.41) is 8.07. The third-order valence-electron chi connectivity index (χ3n) is 3.34. The van der Waals surface area contributed by atoms with Gasteiger partial charge in [0.1, 0.15) is 0 Å². The molecule has 0 bridgehead atoms. The molecule has 0 aliphatic rings. The van der Waals surface area contributed by atoms with E-state index in [1.165, 1.54) is 0 Å². The molecular weight excluding hydrogens is 308 g/mol. The zero-order valence-corrected chi connectivity index (χ0v) is 14.3. The Hall–Kier alpha value is -2.18. The molecule has 120 valence electrons.